The van der Waals surface area contributed by atoms with Gasteiger partial charge in [0.25, 0.3) is 0 Å². The summed E-state index contributed by atoms with van der Waals surface area (Å²) in [7, 11) is -3.28. The van der Waals surface area contributed by atoms with Crippen molar-refractivity contribution in [3.8, 4) is 11.5 Å². The van der Waals surface area contributed by atoms with Crippen LogP contribution in [0.2, 0.25) is 10.0 Å². The van der Waals surface area contributed by atoms with Crippen LogP contribution in [-0.4, -0.2) is 27.2 Å². The van der Waals surface area contributed by atoms with Gasteiger partial charge in [0.05, 0.1) is 19.1 Å². The maximum Gasteiger partial charge on any atom is 1.00 e. The molecule has 30 heavy (non-hydrogen) atoms. The van der Waals surface area contributed by atoms with Crippen LogP contribution < -0.4 is 44.2 Å². The minimum atomic E-state index is -4.72. The number of hydrogen-bond donors (Lipinski definition) is 0. The van der Waals surface area contributed by atoms with E-state index in [0.717, 1.165) is 0 Å². The molecule has 0 atom stereocenters. The molecular formula is C20H16Cl2LiO5PS. The van der Waals surface area contributed by atoms with E-state index in [1.54, 1.807) is 48.5 Å². The Morgan fingerprint density at radius 1 is 0.800 bits per heavy atom. The van der Waals surface area contributed by atoms with Gasteiger partial charge in [0.2, 0.25) is 0 Å². The summed E-state index contributed by atoms with van der Waals surface area (Å²) < 4.78 is 47.0. The van der Waals surface area contributed by atoms with E-state index in [4.69, 9.17) is 32.7 Å². The molecule has 0 saturated heterocycles. The van der Waals surface area contributed by atoms with E-state index < -0.39 is 18.0 Å². The molecule has 0 aromatic heterocycles. The number of rotatable bonds is 6. The fourth-order valence-electron chi connectivity index (χ4n) is 2.91. The van der Waals surface area contributed by atoms with Crippen LogP contribution in [0.5, 0.6) is 11.5 Å². The summed E-state index contributed by atoms with van der Waals surface area (Å²) in [6, 6.07) is 16.3. The average molecular weight is 477 g/mol. The molecule has 0 bridgehead atoms. The molecule has 10 heteroatoms. The predicted molar refractivity (Wildman–Crippen MR) is 116 cm³/mol. The molecule has 3 aromatic carbocycles. The molecular weight excluding hydrogens is 461 g/mol. The minimum absolute atomic E-state index is 0. The van der Waals surface area contributed by atoms with Gasteiger partial charge in [0, 0.05) is 26.0 Å². The van der Waals surface area contributed by atoms with Crippen LogP contribution >= 0.6 is 31.1 Å². The molecule has 0 aliphatic rings. The van der Waals surface area contributed by atoms with Crippen LogP contribution in [0.25, 0.3) is 0 Å². The monoisotopic (exact) mass is 476 g/mol. The number of benzene rings is 3. The average Bonchev–Trinajstić information content (AvgIpc) is 2.69. The first kappa shape index (κ1) is 25.0. The molecule has 3 rings (SSSR count). The van der Waals surface area contributed by atoms with Crippen molar-refractivity contribution in [1.82, 2.24) is 0 Å². The van der Waals surface area contributed by atoms with Gasteiger partial charge >= 0.3 is 18.9 Å². The molecule has 0 unspecified atom stereocenters. The van der Waals surface area contributed by atoms with Crippen molar-refractivity contribution in [2.45, 2.75) is 4.90 Å². The quantitative estimate of drug-likeness (QED) is 0.297. The second-order valence-corrected chi connectivity index (χ2v) is 10.2. The standard InChI is InChI=1S/C20H17Cl2O5PS.Li/c1-26-15-11-13(21)7-9-17(15)28(18-10-8-14(22)12-16(18)27-2)19-5-3-4-6-20(19)29(23,24)25;/h3-12H,1-2H3,(H,23,24,25);/q;+1/p-1. The molecule has 0 radical (unpaired) electrons. The number of halogens is 2. The zero-order valence-electron chi connectivity index (χ0n) is 16.4. The predicted octanol–water partition coefficient (Wildman–Crippen LogP) is 0.677. The molecule has 5 nitrogen and oxygen atoms in total. The zero-order chi connectivity index (χ0) is 21.2. The summed E-state index contributed by atoms with van der Waals surface area (Å²) in [6.45, 7) is 0. The Morgan fingerprint density at radius 3 is 1.70 bits per heavy atom. The maximum absolute atomic E-state index is 12.0. The van der Waals surface area contributed by atoms with E-state index in [-0.39, 0.29) is 23.8 Å². The van der Waals surface area contributed by atoms with Gasteiger partial charge in [0.1, 0.15) is 21.6 Å². The van der Waals surface area contributed by atoms with Crippen molar-refractivity contribution in [3.63, 3.8) is 0 Å². The smallest absolute Gasteiger partial charge is 0.744 e. The van der Waals surface area contributed by atoms with E-state index in [1.807, 2.05) is 0 Å². The van der Waals surface area contributed by atoms with Crippen molar-refractivity contribution in [2.75, 3.05) is 14.2 Å². The molecule has 0 saturated carbocycles. The molecule has 0 fully saturated rings. The Labute approximate surface area is 199 Å². The van der Waals surface area contributed by atoms with Crippen LogP contribution in [0.1, 0.15) is 0 Å². The third-order valence-electron chi connectivity index (χ3n) is 4.14. The Morgan fingerprint density at radius 2 is 1.27 bits per heavy atom. The molecule has 0 aliphatic carbocycles. The van der Waals surface area contributed by atoms with Gasteiger partial charge in [-0.2, -0.15) is 0 Å². The van der Waals surface area contributed by atoms with Gasteiger partial charge < -0.3 is 14.0 Å². The maximum atomic E-state index is 12.0. The van der Waals surface area contributed by atoms with Crippen molar-refractivity contribution >= 4 is 57.2 Å². The number of hydrogen-bond acceptors (Lipinski definition) is 5. The van der Waals surface area contributed by atoms with Crippen LogP contribution in [0.15, 0.2) is 65.6 Å². The van der Waals surface area contributed by atoms with Gasteiger partial charge in [-0.25, -0.2) is 8.42 Å². The summed E-state index contributed by atoms with van der Waals surface area (Å²) in [5.41, 5.74) is 0. The van der Waals surface area contributed by atoms with Crippen LogP contribution in [-0.2, 0) is 10.1 Å². The topological polar surface area (TPSA) is 75.7 Å². The first-order valence-electron chi connectivity index (χ1n) is 8.28. The van der Waals surface area contributed by atoms with Crippen LogP contribution in [0.4, 0.5) is 0 Å². The Balaban J connectivity index is 0.00000320. The van der Waals surface area contributed by atoms with Crippen LogP contribution in [0.3, 0.4) is 0 Å². The largest absolute Gasteiger partial charge is 1.00 e. The van der Waals surface area contributed by atoms with E-state index >= 15 is 0 Å². The summed E-state index contributed by atoms with van der Waals surface area (Å²) >= 11 is 12.2. The Bertz CT molecular complexity index is 1100. The second-order valence-electron chi connectivity index (χ2n) is 5.89. The summed E-state index contributed by atoms with van der Waals surface area (Å²) in [6.07, 6.45) is 0. The van der Waals surface area contributed by atoms with Gasteiger partial charge in [-0.3, -0.25) is 0 Å². The molecule has 0 spiro atoms. The molecule has 152 valence electrons. The van der Waals surface area contributed by atoms with Gasteiger partial charge in [-0.15, -0.1) is 0 Å². The first-order chi connectivity index (χ1) is 13.8. The Kier molecular flexibility index (Phi) is 8.67. The molecule has 0 N–H and O–H groups in total. The van der Waals surface area contributed by atoms with E-state index in [0.29, 0.717) is 37.5 Å². The van der Waals surface area contributed by atoms with Crippen molar-refractivity contribution < 1.29 is 41.3 Å². The van der Waals surface area contributed by atoms with Gasteiger partial charge in [-0.05, 0) is 50.4 Å². The third kappa shape index (κ3) is 5.33. The van der Waals surface area contributed by atoms with Gasteiger partial charge in [-0.1, -0.05) is 41.4 Å². The molecule has 0 aliphatic heterocycles. The fraction of sp³-hybridized carbons (Fsp3) is 0.100. The van der Waals surface area contributed by atoms with Gasteiger partial charge in [0.15, 0.2) is 0 Å². The molecule has 0 amide bonds. The zero-order valence-corrected chi connectivity index (χ0v) is 19.6. The normalized spacial score (nSPS) is 11.1. The third-order valence-corrected chi connectivity index (χ3v) is 8.23. The number of ether oxygens (including phenoxy) is 2. The van der Waals surface area contributed by atoms with Crippen LogP contribution in [0, 0.1) is 0 Å². The van der Waals surface area contributed by atoms with E-state index in [2.05, 4.69) is 0 Å². The second kappa shape index (κ2) is 10.4. The van der Waals surface area contributed by atoms with Crippen molar-refractivity contribution in [1.29, 1.82) is 0 Å². The SMILES string of the molecule is COc1cc(Cl)ccc1P(c1ccc(Cl)cc1OC)c1ccccc1S(=O)(=O)[O-].[Li+]. The number of methoxy groups -OCH3 is 2. The Hall–Kier alpha value is -1.22. The summed E-state index contributed by atoms with van der Waals surface area (Å²) in [5, 5.41) is 2.66. The van der Waals surface area contributed by atoms with E-state index in [1.165, 1.54) is 26.4 Å². The van der Waals surface area contributed by atoms with Crippen molar-refractivity contribution in [2.24, 2.45) is 0 Å². The summed E-state index contributed by atoms with van der Waals surface area (Å²) in [4.78, 5) is -0.292. The fourth-order valence-corrected chi connectivity index (χ4v) is 6.93. The molecule has 0 heterocycles. The van der Waals surface area contributed by atoms with Crippen molar-refractivity contribution in [3.05, 3.63) is 70.7 Å². The first-order valence-corrected chi connectivity index (χ1v) is 11.8. The minimum Gasteiger partial charge on any atom is -0.744 e. The molecule has 3 aromatic rings. The summed E-state index contributed by atoms with van der Waals surface area (Å²) in [5.74, 6) is 0.942. The van der Waals surface area contributed by atoms with E-state index in [9.17, 15) is 13.0 Å².